The summed E-state index contributed by atoms with van der Waals surface area (Å²) in [7, 11) is 0. The van der Waals surface area contributed by atoms with Gasteiger partial charge in [-0.25, -0.2) is 0 Å². The zero-order chi connectivity index (χ0) is 13.1. The van der Waals surface area contributed by atoms with E-state index in [1.165, 1.54) is 19.3 Å². The molecule has 1 aliphatic rings. The zero-order valence-corrected chi connectivity index (χ0v) is 11.1. The minimum Gasteiger partial charge on any atom is -0.334 e. The van der Waals surface area contributed by atoms with Crippen LogP contribution >= 0.6 is 0 Å². The molecule has 0 aliphatic carbocycles. The van der Waals surface area contributed by atoms with Gasteiger partial charge in [-0.3, -0.25) is 4.98 Å². The van der Waals surface area contributed by atoms with Crippen LogP contribution in [0.15, 0.2) is 23.0 Å². The number of aromatic nitrogens is 3. The Balaban J connectivity index is 1.82. The summed E-state index contributed by atoms with van der Waals surface area (Å²) >= 11 is 0. The van der Waals surface area contributed by atoms with Crippen LogP contribution in [0.2, 0.25) is 0 Å². The Morgan fingerprint density at radius 1 is 1.26 bits per heavy atom. The fraction of sp³-hybridized carbons (Fsp3) is 0.500. The second kappa shape index (κ2) is 5.48. The average molecular weight is 258 g/mol. The molecule has 0 bridgehead atoms. The van der Waals surface area contributed by atoms with E-state index >= 15 is 0 Å². The van der Waals surface area contributed by atoms with E-state index in [2.05, 4.69) is 20.4 Å². The lowest BCUT2D eigenvalue weighted by Crippen LogP contribution is -2.21. The number of pyridine rings is 1. The molecule has 1 atom stereocenters. The maximum Gasteiger partial charge on any atom is 0.259 e. The zero-order valence-electron chi connectivity index (χ0n) is 11.1. The number of aryl methyl sites for hydroxylation is 1. The molecule has 1 saturated heterocycles. The van der Waals surface area contributed by atoms with Gasteiger partial charge in [-0.05, 0) is 37.9 Å². The normalized spacial score (nSPS) is 20.2. The van der Waals surface area contributed by atoms with E-state index in [4.69, 9.17) is 4.52 Å². The van der Waals surface area contributed by atoms with Crippen LogP contribution in [-0.4, -0.2) is 21.7 Å². The summed E-state index contributed by atoms with van der Waals surface area (Å²) in [6.07, 6.45) is 8.36. The van der Waals surface area contributed by atoms with Crippen molar-refractivity contribution in [2.75, 3.05) is 6.54 Å². The third-order valence-corrected chi connectivity index (χ3v) is 3.44. The molecule has 1 unspecified atom stereocenters. The van der Waals surface area contributed by atoms with Gasteiger partial charge in [0.05, 0.1) is 11.6 Å². The molecule has 19 heavy (non-hydrogen) atoms. The van der Waals surface area contributed by atoms with E-state index in [1.54, 1.807) is 6.20 Å². The second-order valence-electron chi connectivity index (χ2n) is 5.06. The number of hydrogen-bond acceptors (Lipinski definition) is 5. The molecule has 0 saturated carbocycles. The topological polar surface area (TPSA) is 63.8 Å². The van der Waals surface area contributed by atoms with Crippen LogP contribution in [0.3, 0.4) is 0 Å². The molecule has 2 aromatic heterocycles. The molecule has 0 spiro atoms. The average Bonchev–Trinajstić information content (AvgIpc) is 2.75. The summed E-state index contributed by atoms with van der Waals surface area (Å²) < 4.78 is 5.36. The first-order chi connectivity index (χ1) is 9.33. The fourth-order valence-corrected chi connectivity index (χ4v) is 2.41. The molecule has 3 heterocycles. The molecule has 100 valence electrons. The number of hydrogen-bond donors (Lipinski definition) is 1. The van der Waals surface area contributed by atoms with Crippen molar-refractivity contribution in [2.45, 2.75) is 38.6 Å². The standard InChI is InChI=1S/C14H18N4O/c1-10-7-11(9-15-8-10)14-17-13(18-19-14)12-5-3-2-4-6-16-12/h7-9,12,16H,2-6H2,1H3. The lowest BCUT2D eigenvalue weighted by Gasteiger charge is -2.09. The first-order valence-electron chi connectivity index (χ1n) is 6.82. The van der Waals surface area contributed by atoms with Crippen LogP contribution in [-0.2, 0) is 0 Å². The third kappa shape index (κ3) is 2.81. The monoisotopic (exact) mass is 258 g/mol. The van der Waals surface area contributed by atoms with Crippen molar-refractivity contribution in [1.29, 1.82) is 0 Å². The lowest BCUT2D eigenvalue weighted by atomic mass is 10.1. The fourth-order valence-electron chi connectivity index (χ4n) is 2.41. The minimum atomic E-state index is 0.220. The smallest absolute Gasteiger partial charge is 0.259 e. The van der Waals surface area contributed by atoms with Gasteiger partial charge >= 0.3 is 0 Å². The molecule has 1 aliphatic heterocycles. The highest BCUT2D eigenvalue weighted by atomic mass is 16.5. The first kappa shape index (κ1) is 12.3. The Hall–Kier alpha value is -1.75. The molecule has 2 aromatic rings. The van der Waals surface area contributed by atoms with Gasteiger partial charge in [0.15, 0.2) is 5.82 Å². The molecule has 5 nitrogen and oxygen atoms in total. The van der Waals surface area contributed by atoms with E-state index in [-0.39, 0.29) is 6.04 Å². The van der Waals surface area contributed by atoms with Gasteiger partial charge in [0, 0.05) is 12.4 Å². The van der Waals surface area contributed by atoms with E-state index in [1.807, 2.05) is 19.2 Å². The summed E-state index contributed by atoms with van der Waals surface area (Å²) in [5.74, 6) is 1.32. The molecule has 1 fully saturated rings. The van der Waals surface area contributed by atoms with Crippen molar-refractivity contribution < 1.29 is 4.52 Å². The van der Waals surface area contributed by atoms with Gasteiger partial charge in [0.1, 0.15) is 0 Å². The molecule has 0 amide bonds. The highest BCUT2D eigenvalue weighted by Gasteiger charge is 2.20. The van der Waals surface area contributed by atoms with Gasteiger partial charge in [0.2, 0.25) is 0 Å². The van der Waals surface area contributed by atoms with Crippen molar-refractivity contribution in [3.63, 3.8) is 0 Å². The van der Waals surface area contributed by atoms with Crippen LogP contribution in [0.25, 0.3) is 11.5 Å². The molecule has 1 N–H and O–H groups in total. The van der Waals surface area contributed by atoms with Gasteiger partial charge < -0.3 is 9.84 Å². The number of nitrogens with one attached hydrogen (secondary N) is 1. The second-order valence-corrected chi connectivity index (χ2v) is 5.06. The summed E-state index contributed by atoms with van der Waals surface area (Å²) in [6, 6.07) is 2.22. The third-order valence-electron chi connectivity index (χ3n) is 3.44. The predicted molar refractivity (Wildman–Crippen MR) is 71.5 cm³/mol. The molecule has 0 radical (unpaired) electrons. The molecule has 0 aromatic carbocycles. The molecule has 3 rings (SSSR count). The van der Waals surface area contributed by atoms with E-state index < -0.39 is 0 Å². The van der Waals surface area contributed by atoms with Crippen molar-refractivity contribution in [3.05, 3.63) is 29.8 Å². The molecule has 5 heteroatoms. The van der Waals surface area contributed by atoms with Gasteiger partial charge in [-0.1, -0.05) is 18.0 Å². The van der Waals surface area contributed by atoms with E-state index in [0.29, 0.717) is 5.89 Å². The van der Waals surface area contributed by atoms with Crippen LogP contribution in [0.1, 0.15) is 43.1 Å². The quantitative estimate of drug-likeness (QED) is 0.897. The lowest BCUT2D eigenvalue weighted by molar-refractivity contribution is 0.402. The maximum atomic E-state index is 5.36. The Kier molecular flexibility index (Phi) is 3.55. The highest BCUT2D eigenvalue weighted by Crippen LogP contribution is 2.23. The van der Waals surface area contributed by atoms with Crippen molar-refractivity contribution in [3.8, 4) is 11.5 Å². The van der Waals surface area contributed by atoms with Gasteiger partial charge in [0.25, 0.3) is 5.89 Å². The Labute approximate surface area is 112 Å². The van der Waals surface area contributed by atoms with Crippen molar-refractivity contribution in [1.82, 2.24) is 20.4 Å². The molecular weight excluding hydrogens is 240 g/mol. The minimum absolute atomic E-state index is 0.220. The first-order valence-corrected chi connectivity index (χ1v) is 6.82. The largest absolute Gasteiger partial charge is 0.334 e. The number of rotatable bonds is 2. The van der Waals surface area contributed by atoms with Crippen molar-refractivity contribution in [2.24, 2.45) is 0 Å². The maximum absolute atomic E-state index is 5.36. The van der Waals surface area contributed by atoms with Crippen LogP contribution in [0, 0.1) is 6.92 Å². The predicted octanol–water partition coefficient (Wildman–Crippen LogP) is 2.64. The van der Waals surface area contributed by atoms with Gasteiger partial charge in [-0.15, -0.1) is 0 Å². The van der Waals surface area contributed by atoms with Crippen LogP contribution < -0.4 is 5.32 Å². The summed E-state index contributed by atoms with van der Waals surface area (Å²) in [4.78, 5) is 8.66. The summed E-state index contributed by atoms with van der Waals surface area (Å²) in [5, 5.41) is 7.58. The highest BCUT2D eigenvalue weighted by molar-refractivity contribution is 5.51. The summed E-state index contributed by atoms with van der Waals surface area (Å²) in [5.41, 5.74) is 1.97. The van der Waals surface area contributed by atoms with E-state index in [0.717, 1.165) is 29.9 Å². The number of nitrogens with zero attached hydrogens (tertiary/aromatic N) is 3. The van der Waals surface area contributed by atoms with Crippen LogP contribution in [0.4, 0.5) is 0 Å². The van der Waals surface area contributed by atoms with Crippen LogP contribution in [0.5, 0.6) is 0 Å². The Morgan fingerprint density at radius 3 is 3.11 bits per heavy atom. The Bertz CT molecular complexity index is 544. The summed E-state index contributed by atoms with van der Waals surface area (Å²) in [6.45, 7) is 3.03. The molecular formula is C14H18N4O. The van der Waals surface area contributed by atoms with Crippen molar-refractivity contribution >= 4 is 0 Å². The SMILES string of the molecule is Cc1cncc(-c2nc(C3CCCCCN3)no2)c1. The van der Waals surface area contributed by atoms with E-state index in [9.17, 15) is 0 Å². The van der Waals surface area contributed by atoms with Gasteiger partial charge in [-0.2, -0.15) is 4.98 Å². The Morgan fingerprint density at radius 2 is 2.21 bits per heavy atom.